The van der Waals surface area contributed by atoms with Crippen LogP contribution in [-0.2, 0) is 14.8 Å². The van der Waals surface area contributed by atoms with Gasteiger partial charge < -0.3 is 14.4 Å². The van der Waals surface area contributed by atoms with Gasteiger partial charge in [-0.25, -0.2) is 8.42 Å². The monoisotopic (exact) mass is 368 g/mol. The summed E-state index contributed by atoms with van der Waals surface area (Å²) in [7, 11) is -3.59. The van der Waals surface area contributed by atoms with E-state index in [4.69, 9.17) is 9.47 Å². The molecule has 2 aliphatic rings. The molecule has 2 heterocycles. The van der Waals surface area contributed by atoms with E-state index in [2.05, 4.69) is 6.92 Å². The van der Waals surface area contributed by atoms with Crippen LogP contribution in [0.2, 0.25) is 0 Å². The van der Waals surface area contributed by atoms with Crippen LogP contribution < -0.4 is 13.8 Å². The summed E-state index contributed by atoms with van der Waals surface area (Å²) in [6.45, 7) is 4.97. The van der Waals surface area contributed by atoms with Crippen LogP contribution in [0.4, 0.5) is 5.69 Å². The number of piperidine rings is 1. The first-order valence-corrected chi connectivity index (χ1v) is 10.2. The molecule has 0 aromatic heterocycles. The van der Waals surface area contributed by atoms with Crippen molar-refractivity contribution in [3.63, 3.8) is 0 Å². The third-order valence-electron chi connectivity index (χ3n) is 4.63. The Balaban J connectivity index is 1.84. The summed E-state index contributed by atoms with van der Waals surface area (Å²) in [5.74, 6) is 1.27. The van der Waals surface area contributed by atoms with E-state index >= 15 is 0 Å². The van der Waals surface area contributed by atoms with E-state index in [1.54, 1.807) is 30.0 Å². The smallest absolute Gasteiger partial charge is 0.243 e. The molecule has 0 unspecified atom stereocenters. The molecule has 1 aromatic rings. The number of fused-ring (bicyclic) bond motifs is 1. The number of ether oxygens (including phenoxy) is 2. The van der Waals surface area contributed by atoms with Gasteiger partial charge in [-0.15, -0.1) is 0 Å². The Morgan fingerprint density at radius 1 is 1.32 bits per heavy atom. The molecule has 1 saturated heterocycles. The van der Waals surface area contributed by atoms with Gasteiger partial charge in [0, 0.05) is 19.2 Å². The lowest BCUT2D eigenvalue weighted by Gasteiger charge is -2.33. The van der Waals surface area contributed by atoms with Crippen molar-refractivity contribution in [2.75, 3.05) is 36.5 Å². The van der Waals surface area contributed by atoms with Gasteiger partial charge in [0.05, 0.1) is 11.4 Å². The zero-order valence-corrected chi connectivity index (χ0v) is 15.4. The van der Waals surface area contributed by atoms with Gasteiger partial charge in [0.1, 0.15) is 6.54 Å². The molecule has 1 amide bonds. The maximum Gasteiger partial charge on any atom is 0.243 e. The molecule has 138 valence electrons. The number of likely N-dealkylation sites (tertiary alicyclic amines) is 1. The lowest BCUT2D eigenvalue weighted by atomic mass is 10.0. The third kappa shape index (κ3) is 3.84. The summed E-state index contributed by atoms with van der Waals surface area (Å²) in [5, 5.41) is 0. The van der Waals surface area contributed by atoms with E-state index in [9.17, 15) is 13.2 Å². The van der Waals surface area contributed by atoms with Crippen LogP contribution >= 0.6 is 0 Å². The highest BCUT2D eigenvalue weighted by molar-refractivity contribution is 7.92. The molecule has 0 bridgehead atoms. The third-order valence-corrected chi connectivity index (χ3v) is 6.37. The van der Waals surface area contributed by atoms with E-state index in [1.165, 1.54) is 4.31 Å². The molecule has 8 heteroatoms. The van der Waals surface area contributed by atoms with E-state index < -0.39 is 10.0 Å². The van der Waals surface area contributed by atoms with Gasteiger partial charge in [-0.05, 0) is 37.8 Å². The highest BCUT2D eigenvalue weighted by atomic mass is 32.2. The minimum atomic E-state index is -3.59. The number of carbonyl (C=O) groups is 1. The molecule has 0 N–H and O–H groups in total. The second-order valence-corrected chi connectivity index (χ2v) is 8.71. The molecule has 0 radical (unpaired) electrons. The van der Waals surface area contributed by atoms with Crippen LogP contribution in [0.1, 0.15) is 26.7 Å². The van der Waals surface area contributed by atoms with Crippen molar-refractivity contribution in [3.05, 3.63) is 18.2 Å². The van der Waals surface area contributed by atoms with Gasteiger partial charge in [-0.1, -0.05) is 6.92 Å². The number of hydrogen-bond donors (Lipinski definition) is 0. The maximum absolute atomic E-state index is 12.7. The Kier molecular flexibility index (Phi) is 5.08. The molecule has 1 aromatic carbocycles. The second-order valence-electron chi connectivity index (χ2n) is 6.53. The molecule has 0 aliphatic carbocycles. The number of nitrogens with zero attached hydrogens (tertiary/aromatic N) is 2. The first kappa shape index (κ1) is 17.8. The minimum absolute atomic E-state index is 0.0782. The van der Waals surface area contributed by atoms with E-state index in [-0.39, 0.29) is 25.0 Å². The van der Waals surface area contributed by atoms with Crippen molar-refractivity contribution in [1.29, 1.82) is 0 Å². The van der Waals surface area contributed by atoms with E-state index in [1.807, 2.05) is 0 Å². The highest BCUT2D eigenvalue weighted by Crippen LogP contribution is 2.36. The fourth-order valence-corrected chi connectivity index (χ4v) is 4.24. The zero-order chi connectivity index (χ0) is 18.0. The van der Waals surface area contributed by atoms with Crippen molar-refractivity contribution in [1.82, 2.24) is 4.90 Å². The Hall–Kier alpha value is -1.96. The average molecular weight is 368 g/mol. The van der Waals surface area contributed by atoms with Crippen molar-refractivity contribution in [2.45, 2.75) is 26.7 Å². The predicted octanol–water partition coefficient (Wildman–Crippen LogP) is 1.83. The second kappa shape index (κ2) is 7.11. The van der Waals surface area contributed by atoms with E-state index in [0.29, 0.717) is 36.2 Å². The molecule has 2 aliphatic heterocycles. The molecule has 25 heavy (non-hydrogen) atoms. The Morgan fingerprint density at radius 3 is 2.80 bits per heavy atom. The first-order chi connectivity index (χ1) is 11.9. The molecule has 7 nitrogen and oxygen atoms in total. The minimum Gasteiger partial charge on any atom is -0.454 e. The Labute approximate surface area is 148 Å². The molecule has 1 fully saturated rings. The van der Waals surface area contributed by atoms with Gasteiger partial charge in [0.2, 0.25) is 22.7 Å². The molecule has 1 atom stereocenters. The van der Waals surface area contributed by atoms with Crippen LogP contribution in [0.3, 0.4) is 0 Å². The van der Waals surface area contributed by atoms with Gasteiger partial charge in [0.25, 0.3) is 0 Å². The lowest BCUT2D eigenvalue weighted by molar-refractivity contribution is -0.131. The van der Waals surface area contributed by atoms with Gasteiger partial charge in [0.15, 0.2) is 11.5 Å². The summed E-state index contributed by atoms with van der Waals surface area (Å²) < 4.78 is 36.9. The zero-order valence-electron chi connectivity index (χ0n) is 14.6. The molecular weight excluding hydrogens is 344 g/mol. The fraction of sp³-hybridized carbons (Fsp3) is 0.588. The first-order valence-electron chi connectivity index (χ1n) is 8.58. The van der Waals surface area contributed by atoms with Gasteiger partial charge >= 0.3 is 0 Å². The SMILES string of the molecule is CCS(=O)(=O)N(CC(=O)N1CCC[C@@H](C)C1)c1ccc2c(c1)OCO2. The Bertz CT molecular complexity index is 749. The number of benzene rings is 1. The summed E-state index contributed by atoms with van der Waals surface area (Å²) >= 11 is 0. The fourth-order valence-electron chi connectivity index (χ4n) is 3.19. The number of sulfonamides is 1. The van der Waals surface area contributed by atoms with Crippen molar-refractivity contribution < 1.29 is 22.7 Å². The number of carbonyl (C=O) groups excluding carboxylic acids is 1. The molecule has 0 saturated carbocycles. The summed E-state index contributed by atoms with van der Waals surface area (Å²) in [6.07, 6.45) is 2.06. The standard InChI is InChI=1S/C17H24N2O5S/c1-3-25(21,22)19(11-17(20)18-8-4-5-13(2)10-18)14-6-7-15-16(9-14)24-12-23-15/h6-7,9,13H,3-5,8,10-12H2,1-2H3/t13-/m1/s1. The number of amides is 1. The van der Waals surface area contributed by atoms with Crippen LogP contribution in [-0.4, -0.2) is 51.4 Å². The topological polar surface area (TPSA) is 76.2 Å². The van der Waals surface area contributed by atoms with Crippen LogP contribution in [0.15, 0.2) is 18.2 Å². The summed E-state index contributed by atoms with van der Waals surface area (Å²) in [4.78, 5) is 14.5. The van der Waals surface area contributed by atoms with Gasteiger partial charge in [-0.2, -0.15) is 0 Å². The molecular formula is C17H24N2O5S. The lowest BCUT2D eigenvalue weighted by Crippen LogP contribution is -2.46. The molecule has 0 spiro atoms. The van der Waals surface area contributed by atoms with Crippen LogP contribution in [0.25, 0.3) is 0 Å². The number of anilines is 1. The van der Waals surface area contributed by atoms with Crippen LogP contribution in [0.5, 0.6) is 11.5 Å². The number of rotatable bonds is 5. The maximum atomic E-state index is 12.7. The Morgan fingerprint density at radius 2 is 2.08 bits per heavy atom. The highest BCUT2D eigenvalue weighted by Gasteiger charge is 2.29. The van der Waals surface area contributed by atoms with Crippen LogP contribution in [0, 0.1) is 5.92 Å². The summed E-state index contributed by atoms with van der Waals surface area (Å²) in [5.41, 5.74) is 0.421. The van der Waals surface area contributed by atoms with Crippen molar-refractivity contribution in [3.8, 4) is 11.5 Å². The van der Waals surface area contributed by atoms with Gasteiger partial charge in [-0.3, -0.25) is 9.10 Å². The van der Waals surface area contributed by atoms with Crippen molar-refractivity contribution in [2.24, 2.45) is 5.92 Å². The predicted molar refractivity (Wildman–Crippen MR) is 94.3 cm³/mol. The quantitative estimate of drug-likeness (QED) is 0.792. The molecule has 3 rings (SSSR count). The average Bonchev–Trinajstić information content (AvgIpc) is 3.07. The largest absolute Gasteiger partial charge is 0.454 e. The number of hydrogen-bond acceptors (Lipinski definition) is 5. The van der Waals surface area contributed by atoms with E-state index in [0.717, 1.165) is 12.8 Å². The summed E-state index contributed by atoms with van der Waals surface area (Å²) in [6, 6.07) is 4.93. The van der Waals surface area contributed by atoms with Crippen molar-refractivity contribution >= 4 is 21.6 Å². The normalized spacial score (nSPS) is 19.8.